The molecule has 1 aromatic carbocycles. The highest BCUT2D eigenvalue weighted by molar-refractivity contribution is 9.10. The van der Waals surface area contributed by atoms with Crippen LogP contribution in [0.15, 0.2) is 41.0 Å². The Hall–Kier alpha value is -1.42. The lowest BCUT2D eigenvalue weighted by atomic mass is 10.3. The van der Waals surface area contributed by atoms with Gasteiger partial charge in [0.2, 0.25) is 5.88 Å². The Kier molecular flexibility index (Phi) is 2.97. The van der Waals surface area contributed by atoms with Crippen molar-refractivity contribution in [1.29, 1.82) is 0 Å². The lowest BCUT2D eigenvalue weighted by molar-refractivity contribution is 0.459. The van der Waals surface area contributed by atoms with Crippen molar-refractivity contribution in [3.05, 3.63) is 46.8 Å². The van der Waals surface area contributed by atoms with Crippen molar-refractivity contribution in [2.75, 3.05) is 0 Å². The summed E-state index contributed by atoms with van der Waals surface area (Å²) < 4.78 is 6.56. The molecule has 1 aromatic heterocycles. The molecule has 0 spiro atoms. The highest BCUT2D eigenvalue weighted by atomic mass is 79.9. The van der Waals surface area contributed by atoms with E-state index in [1.165, 1.54) is 0 Å². The molecule has 76 valence electrons. The van der Waals surface area contributed by atoms with Gasteiger partial charge in [0, 0.05) is 16.7 Å². The summed E-state index contributed by atoms with van der Waals surface area (Å²) in [6.45, 7) is 1.83. The van der Waals surface area contributed by atoms with Gasteiger partial charge in [-0.05, 0) is 31.2 Å². The topological polar surface area (TPSA) is 35.0 Å². The summed E-state index contributed by atoms with van der Waals surface area (Å²) in [6.07, 6.45) is 1.68. The number of aryl methyl sites for hydroxylation is 1. The van der Waals surface area contributed by atoms with Crippen molar-refractivity contribution in [1.82, 2.24) is 9.97 Å². The predicted octanol–water partition coefficient (Wildman–Crippen LogP) is 3.34. The molecule has 0 fully saturated rings. The number of ether oxygens (including phenoxy) is 1. The highest BCUT2D eigenvalue weighted by Crippen LogP contribution is 2.21. The maximum absolute atomic E-state index is 5.54. The zero-order valence-electron chi connectivity index (χ0n) is 8.14. The molecule has 0 radical (unpaired) electrons. The normalized spacial score (nSPS) is 10.0. The Bertz CT molecular complexity index is 456. The van der Waals surface area contributed by atoms with Gasteiger partial charge in [-0.2, -0.15) is 4.98 Å². The van der Waals surface area contributed by atoms with E-state index in [4.69, 9.17) is 4.74 Å². The second kappa shape index (κ2) is 4.40. The summed E-state index contributed by atoms with van der Waals surface area (Å²) in [5, 5.41) is 0. The Morgan fingerprint density at radius 1 is 1.13 bits per heavy atom. The van der Waals surface area contributed by atoms with Crippen molar-refractivity contribution >= 4 is 15.9 Å². The van der Waals surface area contributed by atoms with Gasteiger partial charge in [-0.1, -0.05) is 15.9 Å². The lowest BCUT2D eigenvalue weighted by Gasteiger charge is -2.04. The van der Waals surface area contributed by atoms with Gasteiger partial charge >= 0.3 is 0 Å². The van der Waals surface area contributed by atoms with Crippen LogP contribution in [0, 0.1) is 6.92 Å². The van der Waals surface area contributed by atoms with Crippen molar-refractivity contribution < 1.29 is 4.74 Å². The van der Waals surface area contributed by atoms with Crippen molar-refractivity contribution in [3.63, 3.8) is 0 Å². The van der Waals surface area contributed by atoms with Gasteiger partial charge in [-0.15, -0.1) is 0 Å². The Morgan fingerprint density at radius 2 is 1.87 bits per heavy atom. The summed E-state index contributed by atoms with van der Waals surface area (Å²) >= 11 is 3.36. The van der Waals surface area contributed by atoms with Crippen LogP contribution in [0.3, 0.4) is 0 Å². The van der Waals surface area contributed by atoms with Gasteiger partial charge in [0.25, 0.3) is 0 Å². The first-order valence-electron chi connectivity index (χ1n) is 4.47. The van der Waals surface area contributed by atoms with Crippen molar-refractivity contribution in [3.8, 4) is 11.6 Å². The number of aromatic nitrogens is 2. The molecule has 0 atom stereocenters. The summed E-state index contributed by atoms with van der Waals surface area (Å²) in [4.78, 5) is 8.14. The van der Waals surface area contributed by atoms with E-state index >= 15 is 0 Å². The zero-order chi connectivity index (χ0) is 10.7. The summed E-state index contributed by atoms with van der Waals surface area (Å²) in [5.41, 5.74) is 0. The molecule has 3 nitrogen and oxygen atoms in total. The van der Waals surface area contributed by atoms with Gasteiger partial charge in [-0.25, -0.2) is 4.98 Å². The molecule has 2 aromatic rings. The highest BCUT2D eigenvalue weighted by Gasteiger charge is 1.98. The fraction of sp³-hybridized carbons (Fsp3) is 0.0909. The van der Waals surface area contributed by atoms with E-state index in [-0.39, 0.29) is 0 Å². The standard InChI is InChI=1S/C11H9BrN2O/c1-8-13-7-6-11(14-8)15-10-4-2-9(12)3-5-10/h2-7H,1H3. The van der Waals surface area contributed by atoms with Crippen molar-refractivity contribution in [2.45, 2.75) is 6.92 Å². The van der Waals surface area contributed by atoms with Crippen LogP contribution in [-0.4, -0.2) is 9.97 Å². The van der Waals surface area contributed by atoms with E-state index in [1.54, 1.807) is 12.3 Å². The SMILES string of the molecule is Cc1nccc(Oc2ccc(Br)cc2)n1. The molecule has 0 unspecified atom stereocenters. The van der Waals surface area contributed by atoms with Crippen LogP contribution in [0.4, 0.5) is 0 Å². The predicted molar refractivity (Wildman–Crippen MR) is 61.0 cm³/mol. The summed E-state index contributed by atoms with van der Waals surface area (Å²) in [7, 11) is 0. The lowest BCUT2D eigenvalue weighted by Crippen LogP contribution is -1.91. The minimum absolute atomic E-state index is 0.560. The molecule has 0 saturated carbocycles. The van der Waals surface area contributed by atoms with Crippen LogP contribution in [0.25, 0.3) is 0 Å². The van der Waals surface area contributed by atoms with E-state index in [0.29, 0.717) is 11.7 Å². The average Bonchev–Trinajstić information content (AvgIpc) is 2.22. The largest absolute Gasteiger partial charge is 0.439 e. The quantitative estimate of drug-likeness (QED) is 0.835. The van der Waals surface area contributed by atoms with Gasteiger partial charge in [-0.3, -0.25) is 0 Å². The minimum atomic E-state index is 0.560. The molecule has 0 aliphatic carbocycles. The van der Waals surface area contributed by atoms with Crippen LogP contribution in [0.5, 0.6) is 11.6 Å². The van der Waals surface area contributed by atoms with E-state index in [9.17, 15) is 0 Å². The number of hydrogen-bond acceptors (Lipinski definition) is 3. The Morgan fingerprint density at radius 3 is 2.53 bits per heavy atom. The first-order chi connectivity index (χ1) is 7.24. The number of nitrogens with zero attached hydrogens (tertiary/aromatic N) is 2. The number of hydrogen-bond donors (Lipinski definition) is 0. The zero-order valence-corrected chi connectivity index (χ0v) is 9.73. The molecule has 0 aliphatic rings. The van der Waals surface area contributed by atoms with E-state index in [2.05, 4.69) is 25.9 Å². The van der Waals surface area contributed by atoms with E-state index in [1.807, 2.05) is 31.2 Å². The van der Waals surface area contributed by atoms with Crippen molar-refractivity contribution in [2.24, 2.45) is 0 Å². The van der Waals surface area contributed by atoms with Crippen LogP contribution >= 0.6 is 15.9 Å². The molecule has 4 heteroatoms. The minimum Gasteiger partial charge on any atom is -0.439 e. The second-order valence-corrected chi connectivity index (χ2v) is 3.91. The second-order valence-electron chi connectivity index (χ2n) is 3.00. The average molecular weight is 265 g/mol. The molecular weight excluding hydrogens is 256 g/mol. The maximum Gasteiger partial charge on any atom is 0.222 e. The smallest absolute Gasteiger partial charge is 0.222 e. The van der Waals surface area contributed by atoms with Crippen LogP contribution < -0.4 is 4.74 Å². The monoisotopic (exact) mass is 264 g/mol. The molecule has 0 bridgehead atoms. The maximum atomic E-state index is 5.54. The fourth-order valence-electron chi connectivity index (χ4n) is 1.11. The molecule has 0 aliphatic heterocycles. The van der Waals surface area contributed by atoms with Gasteiger partial charge in [0.1, 0.15) is 11.6 Å². The third-order valence-electron chi connectivity index (χ3n) is 1.79. The third kappa shape index (κ3) is 2.76. The van der Waals surface area contributed by atoms with Crippen LogP contribution in [0.2, 0.25) is 0 Å². The van der Waals surface area contributed by atoms with Gasteiger partial charge in [0.05, 0.1) is 0 Å². The molecule has 15 heavy (non-hydrogen) atoms. The van der Waals surface area contributed by atoms with Crippen LogP contribution in [0.1, 0.15) is 5.82 Å². The molecule has 0 amide bonds. The summed E-state index contributed by atoms with van der Waals surface area (Å²) in [6, 6.07) is 9.32. The molecular formula is C11H9BrN2O. The Labute approximate surface area is 96.3 Å². The first-order valence-corrected chi connectivity index (χ1v) is 5.26. The van der Waals surface area contributed by atoms with Gasteiger partial charge in [0.15, 0.2) is 0 Å². The molecule has 1 heterocycles. The van der Waals surface area contributed by atoms with E-state index < -0.39 is 0 Å². The van der Waals surface area contributed by atoms with Gasteiger partial charge < -0.3 is 4.74 Å². The Balaban J connectivity index is 2.18. The van der Waals surface area contributed by atoms with Crippen LogP contribution in [-0.2, 0) is 0 Å². The summed E-state index contributed by atoms with van der Waals surface area (Å²) in [5.74, 6) is 2.02. The first kappa shape index (κ1) is 10.1. The fourth-order valence-corrected chi connectivity index (χ4v) is 1.38. The number of rotatable bonds is 2. The molecule has 2 rings (SSSR count). The molecule has 0 N–H and O–H groups in total. The third-order valence-corrected chi connectivity index (χ3v) is 2.32. The number of benzene rings is 1. The van der Waals surface area contributed by atoms with E-state index in [0.717, 1.165) is 10.2 Å². The molecule has 0 saturated heterocycles. The number of halogens is 1.